The number of carbonyl (C=O) groups excluding carboxylic acids is 1. The summed E-state index contributed by atoms with van der Waals surface area (Å²) in [4.78, 5) is 31.0. The molecular weight excluding hydrogens is 224 g/mol. The molecule has 0 aliphatic rings. The lowest BCUT2D eigenvalue weighted by molar-refractivity contribution is -0.119. The van der Waals surface area contributed by atoms with E-state index in [1.54, 1.807) is 4.90 Å². The molecule has 92 valence electrons. The van der Waals surface area contributed by atoms with E-state index in [-0.39, 0.29) is 18.7 Å². The molecule has 0 unspecified atom stereocenters. The number of primary amides is 1. The lowest BCUT2D eigenvalue weighted by Gasteiger charge is -2.18. The van der Waals surface area contributed by atoms with E-state index in [4.69, 9.17) is 10.8 Å². The molecule has 0 saturated heterocycles. The van der Waals surface area contributed by atoms with E-state index in [9.17, 15) is 9.59 Å². The number of likely N-dealkylation sites (N-methyl/N-ethyl adjacent to an activating group) is 1. The summed E-state index contributed by atoms with van der Waals surface area (Å²) in [6, 6.07) is 0. The minimum Gasteiger partial charge on any atom is -0.478 e. The SMILES string of the molecule is CCN(CC(N)=O)Cc1ncncc1C(=O)O. The number of rotatable bonds is 6. The molecule has 1 aromatic rings. The first-order chi connectivity index (χ1) is 8.04. The number of aromatic nitrogens is 2. The van der Waals surface area contributed by atoms with Crippen LogP contribution in [0.25, 0.3) is 0 Å². The molecule has 1 aromatic heterocycles. The Bertz CT molecular complexity index is 422. The van der Waals surface area contributed by atoms with Crippen molar-refractivity contribution < 1.29 is 14.7 Å². The van der Waals surface area contributed by atoms with Crippen molar-refractivity contribution in [1.29, 1.82) is 0 Å². The standard InChI is InChI=1S/C10H14N4O3/c1-2-14(5-9(11)15)4-8-7(10(16)17)3-12-6-13-8/h3,6H,2,4-5H2,1H3,(H2,11,15)(H,16,17). The first-order valence-electron chi connectivity index (χ1n) is 5.07. The minimum atomic E-state index is -1.09. The van der Waals surface area contributed by atoms with E-state index < -0.39 is 11.9 Å². The van der Waals surface area contributed by atoms with Gasteiger partial charge in [-0.15, -0.1) is 0 Å². The van der Waals surface area contributed by atoms with Crippen molar-refractivity contribution in [2.45, 2.75) is 13.5 Å². The zero-order valence-corrected chi connectivity index (χ0v) is 9.46. The summed E-state index contributed by atoms with van der Waals surface area (Å²) >= 11 is 0. The van der Waals surface area contributed by atoms with Gasteiger partial charge in [-0.1, -0.05) is 6.92 Å². The van der Waals surface area contributed by atoms with Gasteiger partial charge in [0.05, 0.1) is 12.2 Å². The van der Waals surface area contributed by atoms with Crippen molar-refractivity contribution in [3.8, 4) is 0 Å². The van der Waals surface area contributed by atoms with Gasteiger partial charge in [0.2, 0.25) is 5.91 Å². The largest absolute Gasteiger partial charge is 0.478 e. The van der Waals surface area contributed by atoms with Gasteiger partial charge in [-0.2, -0.15) is 0 Å². The van der Waals surface area contributed by atoms with Crippen molar-refractivity contribution in [2.75, 3.05) is 13.1 Å². The van der Waals surface area contributed by atoms with Crippen LogP contribution in [-0.4, -0.2) is 44.9 Å². The first kappa shape index (κ1) is 13.0. The zero-order valence-electron chi connectivity index (χ0n) is 9.46. The Morgan fingerprint density at radius 3 is 2.76 bits per heavy atom. The van der Waals surface area contributed by atoms with Crippen molar-refractivity contribution >= 4 is 11.9 Å². The fourth-order valence-corrected chi connectivity index (χ4v) is 1.37. The highest BCUT2D eigenvalue weighted by Crippen LogP contribution is 2.07. The Kier molecular flexibility index (Phi) is 4.53. The van der Waals surface area contributed by atoms with Crippen LogP contribution in [0, 0.1) is 0 Å². The van der Waals surface area contributed by atoms with Gasteiger partial charge in [0.15, 0.2) is 0 Å². The van der Waals surface area contributed by atoms with Gasteiger partial charge in [0, 0.05) is 12.7 Å². The number of nitrogens with zero attached hydrogens (tertiary/aromatic N) is 3. The zero-order chi connectivity index (χ0) is 12.8. The number of hydrogen-bond acceptors (Lipinski definition) is 5. The summed E-state index contributed by atoms with van der Waals surface area (Å²) in [7, 11) is 0. The molecular formula is C10H14N4O3. The average Bonchev–Trinajstić information content (AvgIpc) is 2.28. The van der Waals surface area contributed by atoms with E-state index >= 15 is 0 Å². The number of aromatic carboxylic acids is 1. The van der Waals surface area contributed by atoms with Gasteiger partial charge >= 0.3 is 5.97 Å². The molecule has 0 fully saturated rings. The molecule has 3 N–H and O–H groups in total. The number of carboxylic acids is 1. The summed E-state index contributed by atoms with van der Waals surface area (Å²) < 4.78 is 0. The molecule has 0 atom stereocenters. The van der Waals surface area contributed by atoms with E-state index in [2.05, 4.69) is 9.97 Å². The molecule has 7 nitrogen and oxygen atoms in total. The highest BCUT2D eigenvalue weighted by atomic mass is 16.4. The van der Waals surface area contributed by atoms with Crippen LogP contribution < -0.4 is 5.73 Å². The van der Waals surface area contributed by atoms with Crippen molar-refractivity contribution in [1.82, 2.24) is 14.9 Å². The number of hydrogen-bond donors (Lipinski definition) is 2. The van der Waals surface area contributed by atoms with Crippen LogP contribution in [0.15, 0.2) is 12.5 Å². The average molecular weight is 238 g/mol. The Hall–Kier alpha value is -2.02. The van der Waals surface area contributed by atoms with Gasteiger partial charge in [-0.25, -0.2) is 14.8 Å². The van der Waals surface area contributed by atoms with Gasteiger partial charge in [0.1, 0.15) is 11.9 Å². The maximum atomic E-state index is 10.9. The van der Waals surface area contributed by atoms with Crippen LogP contribution in [0.1, 0.15) is 23.0 Å². The molecule has 1 rings (SSSR count). The van der Waals surface area contributed by atoms with Gasteiger partial charge in [0.25, 0.3) is 0 Å². The van der Waals surface area contributed by atoms with Crippen LogP contribution in [0.5, 0.6) is 0 Å². The van der Waals surface area contributed by atoms with E-state index in [1.165, 1.54) is 12.5 Å². The molecule has 0 saturated carbocycles. The molecule has 0 aliphatic heterocycles. The fourth-order valence-electron chi connectivity index (χ4n) is 1.37. The molecule has 0 spiro atoms. The second kappa shape index (κ2) is 5.90. The second-order valence-electron chi connectivity index (χ2n) is 3.46. The van der Waals surface area contributed by atoms with Gasteiger partial charge in [-0.3, -0.25) is 9.69 Å². The summed E-state index contributed by atoms with van der Waals surface area (Å²) in [5.74, 6) is -1.55. The monoisotopic (exact) mass is 238 g/mol. The fraction of sp³-hybridized carbons (Fsp3) is 0.400. The van der Waals surface area contributed by atoms with Gasteiger partial charge in [-0.05, 0) is 6.54 Å². The number of carbonyl (C=O) groups is 2. The van der Waals surface area contributed by atoms with E-state index in [0.717, 1.165) is 0 Å². The Balaban J connectivity index is 2.85. The van der Waals surface area contributed by atoms with Crippen LogP contribution >= 0.6 is 0 Å². The number of amides is 1. The predicted octanol–water partition coefficient (Wildman–Crippen LogP) is -0.518. The van der Waals surface area contributed by atoms with Crippen molar-refractivity contribution in [3.63, 3.8) is 0 Å². The maximum Gasteiger partial charge on any atom is 0.339 e. The van der Waals surface area contributed by atoms with E-state index in [1.807, 2.05) is 6.92 Å². The summed E-state index contributed by atoms with van der Waals surface area (Å²) in [6.07, 6.45) is 2.52. The lowest BCUT2D eigenvalue weighted by atomic mass is 10.2. The summed E-state index contributed by atoms with van der Waals surface area (Å²) in [5.41, 5.74) is 5.50. The molecule has 7 heteroatoms. The highest BCUT2D eigenvalue weighted by Gasteiger charge is 2.15. The third-order valence-electron chi connectivity index (χ3n) is 2.23. The molecule has 17 heavy (non-hydrogen) atoms. The number of nitrogens with two attached hydrogens (primary N) is 1. The second-order valence-corrected chi connectivity index (χ2v) is 3.46. The van der Waals surface area contributed by atoms with Gasteiger partial charge < -0.3 is 10.8 Å². The summed E-state index contributed by atoms with van der Waals surface area (Å²) in [5, 5.41) is 8.94. The Labute approximate surface area is 98.3 Å². The Morgan fingerprint density at radius 1 is 1.53 bits per heavy atom. The lowest BCUT2D eigenvalue weighted by Crippen LogP contribution is -2.34. The van der Waals surface area contributed by atoms with Crippen molar-refractivity contribution in [3.05, 3.63) is 23.8 Å². The van der Waals surface area contributed by atoms with E-state index in [0.29, 0.717) is 12.2 Å². The van der Waals surface area contributed by atoms with Crippen molar-refractivity contribution in [2.24, 2.45) is 5.73 Å². The molecule has 0 aromatic carbocycles. The quantitative estimate of drug-likeness (QED) is 0.690. The first-order valence-corrected chi connectivity index (χ1v) is 5.07. The highest BCUT2D eigenvalue weighted by molar-refractivity contribution is 5.88. The molecule has 1 heterocycles. The van der Waals surface area contributed by atoms with Crippen LogP contribution in [0.4, 0.5) is 0 Å². The predicted molar refractivity (Wildman–Crippen MR) is 59.1 cm³/mol. The maximum absolute atomic E-state index is 10.9. The molecule has 0 aliphatic carbocycles. The number of carboxylic acid groups (broad SMARTS) is 1. The van der Waals surface area contributed by atoms with Crippen LogP contribution in [0.3, 0.4) is 0 Å². The molecule has 0 radical (unpaired) electrons. The Morgan fingerprint density at radius 2 is 2.24 bits per heavy atom. The third kappa shape index (κ3) is 3.80. The molecule has 0 bridgehead atoms. The molecule has 1 amide bonds. The summed E-state index contributed by atoms with van der Waals surface area (Å²) in [6.45, 7) is 2.75. The van der Waals surface area contributed by atoms with Crippen LogP contribution in [-0.2, 0) is 11.3 Å². The smallest absolute Gasteiger partial charge is 0.339 e. The van der Waals surface area contributed by atoms with Crippen LogP contribution in [0.2, 0.25) is 0 Å². The normalized spacial score (nSPS) is 10.5. The minimum absolute atomic E-state index is 0.0374. The third-order valence-corrected chi connectivity index (χ3v) is 2.23. The topological polar surface area (TPSA) is 109 Å².